The number of hydrogen-bond acceptors (Lipinski definition) is 3. The smallest absolute Gasteiger partial charge is 0.142 e. The molecule has 18 heavy (non-hydrogen) atoms. The van der Waals surface area contributed by atoms with Crippen LogP contribution in [-0.2, 0) is 0 Å². The van der Waals surface area contributed by atoms with Gasteiger partial charge in [0.05, 0.1) is 12.8 Å². The summed E-state index contributed by atoms with van der Waals surface area (Å²) in [5.41, 5.74) is 0.742. The first kappa shape index (κ1) is 13.1. The van der Waals surface area contributed by atoms with E-state index in [4.69, 9.17) is 4.74 Å². The molecule has 0 aliphatic carbocycles. The van der Waals surface area contributed by atoms with E-state index >= 15 is 0 Å². The van der Waals surface area contributed by atoms with E-state index in [1.807, 2.05) is 0 Å². The lowest BCUT2D eigenvalue weighted by Gasteiger charge is -2.22. The number of methoxy groups -OCH3 is 1. The zero-order chi connectivity index (χ0) is 12.8. The lowest BCUT2D eigenvalue weighted by molar-refractivity contribution is 0.360. The van der Waals surface area contributed by atoms with E-state index in [-0.39, 0.29) is 5.82 Å². The van der Waals surface area contributed by atoms with E-state index in [2.05, 4.69) is 10.6 Å². The number of halogens is 1. The van der Waals surface area contributed by atoms with E-state index in [0.29, 0.717) is 5.75 Å². The molecule has 1 aromatic rings. The Morgan fingerprint density at radius 2 is 2.17 bits per heavy atom. The second-order valence-corrected chi connectivity index (χ2v) is 4.75. The molecule has 2 rings (SSSR count). The second kappa shape index (κ2) is 6.59. The minimum Gasteiger partial charge on any atom is -0.495 e. The molecule has 1 fully saturated rings. The SMILES string of the molecule is COc1ccc(F)cc1NCCC1CCNCC1. The summed E-state index contributed by atoms with van der Waals surface area (Å²) in [4.78, 5) is 0. The van der Waals surface area contributed by atoms with Crippen LogP contribution >= 0.6 is 0 Å². The molecule has 1 aliphatic rings. The Labute approximate surface area is 108 Å². The molecule has 100 valence electrons. The molecule has 0 bridgehead atoms. The van der Waals surface area contributed by atoms with E-state index in [0.717, 1.165) is 37.7 Å². The number of benzene rings is 1. The van der Waals surface area contributed by atoms with Crippen LogP contribution in [0.5, 0.6) is 5.75 Å². The number of piperidine rings is 1. The third kappa shape index (κ3) is 3.60. The normalized spacial score (nSPS) is 16.6. The van der Waals surface area contributed by atoms with Crippen LogP contribution in [0.25, 0.3) is 0 Å². The van der Waals surface area contributed by atoms with E-state index < -0.39 is 0 Å². The van der Waals surface area contributed by atoms with Crippen LogP contribution in [0.4, 0.5) is 10.1 Å². The van der Waals surface area contributed by atoms with Crippen molar-refractivity contribution in [3.8, 4) is 5.75 Å². The lowest BCUT2D eigenvalue weighted by Crippen LogP contribution is -2.28. The van der Waals surface area contributed by atoms with Gasteiger partial charge in [-0.05, 0) is 50.4 Å². The van der Waals surface area contributed by atoms with Crippen molar-refractivity contribution in [2.24, 2.45) is 5.92 Å². The summed E-state index contributed by atoms with van der Waals surface area (Å²) in [5, 5.41) is 6.63. The van der Waals surface area contributed by atoms with Gasteiger partial charge in [-0.15, -0.1) is 0 Å². The topological polar surface area (TPSA) is 33.3 Å². The number of rotatable bonds is 5. The van der Waals surface area contributed by atoms with Crippen LogP contribution in [0.1, 0.15) is 19.3 Å². The molecule has 1 saturated heterocycles. The van der Waals surface area contributed by atoms with Crippen molar-refractivity contribution in [1.29, 1.82) is 0 Å². The Balaban J connectivity index is 1.83. The molecule has 4 heteroatoms. The lowest BCUT2D eigenvalue weighted by atomic mass is 9.95. The summed E-state index contributed by atoms with van der Waals surface area (Å²) < 4.78 is 18.4. The number of nitrogens with one attached hydrogen (secondary N) is 2. The maximum Gasteiger partial charge on any atom is 0.142 e. The number of hydrogen-bond donors (Lipinski definition) is 2. The fourth-order valence-electron chi connectivity index (χ4n) is 2.40. The average molecular weight is 252 g/mol. The molecule has 1 aromatic carbocycles. The first-order valence-corrected chi connectivity index (χ1v) is 6.57. The van der Waals surface area contributed by atoms with E-state index in [1.165, 1.54) is 25.0 Å². The minimum absolute atomic E-state index is 0.236. The molecule has 2 N–H and O–H groups in total. The summed E-state index contributed by atoms with van der Waals surface area (Å²) in [7, 11) is 1.60. The van der Waals surface area contributed by atoms with Crippen molar-refractivity contribution in [1.82, 2.24) is 5.32 Å². The van der Waals surface area contributed by atoms with Crippen LogP contribution in [0.3, 0.4) is 0 Å². The van der Waals surface area contributed by atoms with Crippen molar-refractivity contribution in [2.75, 3.05) is 32.1 Å². The molecular formula is C14H21FN2O. The van der Waals surface area contributed by atoms with E-state index in [9.17, 15) is 4.39 Å². The molecular weight excluding hydrogens is 231 g/mol. The van der Waals surface area contributed by atoms with Crippen molar-refractivity contribution in [3.05, 3.63) is 24.0 Å². The Morgan fingerprint density at radius 1 is 1.39 bits per heavy atom. The van der Waals surface area contributed by atoms with Gasteiger partial charge in [-0.1, -0.05) is 0 Å². The Morgan fingerprint density at radius 3 is 2.89 bits per heavy atom. The van der Waals surface area contributed by atoms with Gasteiger partial charge < -0.3 is 15.4 Å². The van der Waals surface area contributed by atoms with Gasteiger partial charge in [0.25, 0.3) is 0 Å². The molecule has 0 aromatic heterocycles. The number of ether oxygens (including phenoxy) is 1. The highest BCUT2D eigenvalue weighted by atomic mass is 19.1. The van der Waals surface area contributed by atoms with Crippen LogP contribution < -0.4 is 15.4 Å². The molecule has 0 atom stereocenters. The zero-order valence-electron chi connectivity index (χ0n) is 10.8. The van der Waals surface area contributed by atoms with Gasteiger partial charge in [0.2, 0.25) is 0 Å². The maximum atomic E-state index is 13.2. The highest BCUT2D eigenvalue weighted by molar-refractivity contribution is 5.56. The highest BCUT2D eigenvalue weighted by Crippen LogP contribution is 2.25. The third-order valence-corrected chi connectivity index (χ3v) is 3.49. The standard InChI is InChI=1S/C14H21FN2O/c1-18-14-3-2-12(15)10-13(14)17-9-6-11-4-7-16-8-5-11/h2-3,10-11,16-17H,4-9H2,1H3. The molecule has 0 amide bonds. The van der Waals surface area contributed by atoms with Crippen molar-refractivity contribution < 1.29 is 9.13 Å². The van der Waals surface area contributed by atoms with Crippen LogP contribution in [0.2, 0.25) is 0 Å². The Hall–Kier alpha value is -1.29. The van der Waals surface area contributed by atoms with Gasteiger partial charge in [0.15, 0.2) is 0 Å². The van der Waals surface area contributed by atoms with Crippen molar-refractivity contribution >= 4 is 5.69 Å². The predicted octanol–water partition coefficient (Wildman–Crippen LogP) is 2.64. The average Bonchev–Trinajstić information content (AvgIpc) is 2.40. The third-order valence-electron chi connectivity index (χ3n) is 3.49. The predicted molar refractivity (Wildman–Crippen MR) is 71.7 cm³/mol. The van der Waals surface area contributed by atoms with E-state index in [1.54, 1.807) is 13.2 Å². The highest BCUT2D eigenvalue weighted by Gasteiger charge is 2.12. The summed E-state index contributed by atoms with van der Waals surface area (Å²) in [5.74, 6) is 1.24. The van der Waals surface area contributed by atoms with Gasteiger partial charge in [-0.25, -0.2) is 4.39 Å². The summed E-state index contributed by atoms with van der Waals surface area (Å²) in [6, 6.07) is 4.56. The van der Waals surface area contributed by atoms with Gasteiger partial charge in [-0.3, -0.25) is 0 Å². The largest absolute Gasteiger partial charge is 0.495 e. The molecule has 0 spiro atoms. The number of anilines is 1. The Kier molecular flexibility index (Phi) is 4.81. The van der Waals surface area contributed by atoms with Gasteiger partial charge in [0, 0.05) is 12.6 Å². The molecule has 0 saturated carbocycles. The van der Waals surface area contributed by atoms with Crippen LogP contribution in [0, 0.1) is 11.7 Å². The van der Waals surface area contributed by atoms with Crippen LogP contribution in [0.15, 0.2) is 18.2 Å². The molecule has 0 unspecified atom stereocenters. The molecule has 1 aliphatic heterocycles. The summed E-state index contributed by atoms with van der Waals surface area (Å²) >= 11 is 0. The molecule has 1 heterocycles. The fourth-order valence-corrected chi connectivity index (χ4v) is 2.40. The summed E-state index contributed by atoms with van der Waals surface area (Å²) in [6.45, 7) is 3.10. The Bertz CT molecular complexity index is 378. The molecule has 3 nitrogen and oxygen atoms in total. The minimum atomic E-state index is -0.236. The first-order valence-electron chi connectivity index (χ1n) is 6.57. The fraction of sp³-hybridized carbons (Fsp3) is 0.571. The van der Waals surface area contributed by atoms with Gasteiger partial charge in [-0.2, -0.15) is 0 Å². The summed E-state index contributed by atoms with van der Waals surface area (Å²) in [6.07, 6.45) is 3.60. The second-order valence-electron chi connectivity index (χ2n) is 4.75. The van der Waals surface area contributed by atoms with Crippen molar-refractivity contribution in [3.63, 3.8) is 0 Å². The monoisotopic (exact) mass is 252 g/mol. The first-order chi connectivity index (χ1) is 8.79. The van der Waals surface area contributed by atoms with Gasteiger partial charge in [0.1, 0.15) is 11.6 Å². The molecule has 0 radical (unpaired) electrons. The van der Waals surface area contributed by atoms with Gasteiger partial charge >= 0.3 is 0 Å². The zero-order valence-corrected chi connectivity index (χ0v) is 10.8. The maximum absolute atomic E-state index is 13.2. The van der Waals surface area contributed by atoms with Crippen LogP contribution in [-0.4, -0.2) is 26.7 Å². The quantitative estimate of drug-likeness (QED) is 0.845. The van der Waals surface area contributed by atoms with Crippen molar-refractivity contribution in [2.45, 2.75) is 19.3 Å².